The van der Waals surface area contributed by atoms with Crippen LogP contribution in [0.4, 0.5) is 0 Å². The van der Waals surface area contributed by atoms with Gasteiger partial charge in [-0.15, -0.1) is 0 Å². The van der Waals surface area contributed by atoms with Crippen LogP contribution in [0.25, 0.3) is 0 Å². The first-order valence-electron chi connectivity index (χ1n) is 5.01. The molecule has 0 atom stereocenters. The fourth-order valence-corrected chi connectivity index (χ4v) is 5.52. The zero-order valence-electron chi connectivity index (χ0n) is 8.81. The Kier molecular flexibility index (Phi) is 6.50. The molecule has 0 heterocycles. The van der Waals surface area contributed by atoms with Crippen molar-refractivity contribution in [1.82, 2.24) is 0 Å². The van der Waals surface area contributed by atoms with Crippen molar-refractivity contribution in [3.05, 3.63) is 23.5 Å². The molecule has 79 valence electrons. The summed E-state index contributed by atoms with van der Waals surface area (Å²) in [6.07, 6.45) is 12.3. The van der Waals surface area contributed by atoms with E-state index >= 15 is 0 Å². The van der Waals surface area contributed by atoms with Crippen molar-refractivity contribution in [3.8, 4) is 0 Å². The van der Waals surface area contributed by atoms with E-state index in [4.69, 9.17) is 0 Å². The second kappa shape index (κ2) is 6.19. The zero-order chi connectivity index (χ0) is 9.03. The monoisotopic (exact) mass is 380 g/mol. The number of hydrogen-bond donors (Lipinski definition) is 0. The smallest absolute Gasteiger partial charge is 0.0752 e. The third kappa shape index (κ3) is 2.80. The van der Waals surface area contributed by atoms with Gasteiger partial charge in [-0.25, -0.2) is 0 Å². The molecule has 0 aromatic rings. The van der Waals surface area contributed by atoms with Crippen LogP contribution < -0.4 is 0 Å². The first-order valence-corrected chi connectivity index (χ1v) is 7.36. The van der Waals surface area contributed by atoms with Crippen molar-refractivity contribution in [2.75, 3.05) is 18.5 Å². The summed E-state index contributed by atoms with van der Waals surface area (Å²) in [4.78, 5) is 0. The van der Waals surface area contributed by atoms with Gasteiger partial charge in [0.05, 0.1) is 23.8 Å². The van der Waals surface area contributed by atoms with E-state index in [9.17, 15) is 0 Å². The van der Waals surface area contributed by atoms with Gasteiger partial charge in [0.1, 0.15) is 0 Å². The average molecular weight is 380 g/mol. The van der Waals surface area contributed by atoms with Crippen molar-refractivity contribution >= 4 is 7.26 Å². The van der Waals surface area contributed by atoms with Gasteiger partial charge < -0.3 is 0 Å². The largest absolute Gasteiger partial charge is 0.0767 e. The molecular weight excluding hydrogens is 360 g/mol. The maximum Gasteiger partial charge on any atom is 0.0752 e. The molecule has 0 saturated carbocycles. The quantitative estimate of drug-likeness (QED) is 0.513. The average Bonchev–Trinajstić information content (AvgIpc) is 2.62. The number of rotatable bonds is 4. The second-order valence-corrected chi connectivity index (χ2v) is 8.15. The summed E-state index contributed by atoms with van der Waals surface area (Å²) < 4.78 is 0. The summed E-state index contributed by atoms with van der Waals surface area (Å²) in [5.41, 5.74) is 0. The van der Waals surface area contributed by atoms with Gasteiger partial charge in [-0.3, -0.25) is 0 Å². The van der Waals surface area contributed by atoms with Crippen LogP contribution in [0.15, 0.2) is 23.5 Å². The van der Waals surface area contributed by atoms with Crippen LogP contribution >= 0.6 is 7.26 Å². The number of hydrogen-bond acceptors (Lipinski definition) is 0. The van der Waals surface area contributed by atoms with Crippen molar-refractivity contribution in [2.24, 2.45) is 0 Å². The SMILES string of the molecule is CC[P+](CC)(CC)C1=CC=CC1.[Au]. The Bertz CT molecular complexity index is 194. The summed E-state index contributed by atoms with van der Waals surface area (Å²) in [7, 11) is -0.688. The zero-order valence-corrected chi connectivity index (χ0v) is 11.9. The van der Waals surface area contributed by atoms with Gasteiger partial charge in [-0.2, -0.15) is 0 Å². The van der Waals surface area contributed by atoms with Gasteiger partial charge in [-0.1, -0.05) is 12.2 Å². The Hall–Kier alpha value is 0.650. The summed E-state index contributed by atoms with van der Waals surface area (Å²) in [6.45, 7) is 7.08. The van der Waals surface area contributed by atoms with Gasteiger partial charge in [0.2, 0.25) is 0 Å². The van der Waals surface area contributed by atoms with Crippen molar-refractivity contribution < 1.29 is 22.4 Å². The Morgan fingerprint density at radius 3 is 2.00 bits per heavy atom. The van der Waals surface area contributed by atoms with Crippen LogP contribution in [0, 0.1) is 0 Å². The van der Waals surface area contributed by atoms with E-state index in [1.165, 1.54) is 24.9 Å². The van der Waals surface area contributed by atoms with Crippen LogP contribution in [0.5, 0.6) is 0 Å². The Morgan fingerprint density at radius 2 is 1.69 bits per heavy atom. The predicted octanol–water partition coefficient (Wildman–Crippen LogP) is 3.91. The standard InChI is InChI=1S/C11H20P.Au/c1-4-12(5-2,6-3)11-9-7-8-10-11;/h7-9H,4-6,10H2,1-3H3;/q+1;. The maximum atomic E-state index is 2.37. The Balaban J connectivity index is 0.00000144. The molecule has 13 heavy (non-hydrogen) atoms. The van der Waals surface area contributed by atoms with Crippen LogP contribution in [0.2, 0.25) is 0 Å². The van der Waals surface area contributed by atoms with Crippen LogP contribution in [0.3, 0.4) is 0 Å². The van der Waals surface area contributed by atoms with E-state index in [-0.39, 0.29) is 22.4 Å². The Morgan fingerprint density at radius 1 is 1.15 bits per heavy atom. The third-order valence-electron chi connectivity index (χ3n) is 3.18. The van der Waals surface area contributed by atoms with Gasteiger partial charge >= 0.3 is 0 Å². The minimum atomic E-state index is -0.688. The second-order valence-electron chi connectivity index (χ2n) is 3.38. The van der Waals surface area contributed by atoms with E-state index in [2.05, 4.69) is 39.0 Å². The molecule has 0 spiro atoms. The molecule has 0 fully saturated rings. The van der Waals surface area contributed by atoms with Crippen molar-refractivity contribution in [1.29, 1.82) is 0 Å². The van der Waals surface area contributed by atoms with Crippen molar-refractivity contribution in [2.45, 2.75) is 27.2 Å². The first kappa shape index (κ1) is 13.7. The van der Waals surface area contributed by atoms with Crippen LogP contribution in [0.1, 0.15) is 27.2 Å². The molecule has 0 N–H and O–H groups in total. The molecule has 1 rings (SSSR count). The third-order valence-corrected chi connectivity index (χ3v) is 8.36. The van der Waals surface area contributed by atoms with Gasteiger partial charge in [0, 0.05) is 36.1 Å². The summed E-state index contributed by atoms with van der Waals surface area (Å²) in [5.74, 6) is 0. The fraction of sp³-hybridized carbons (Fsp3) is 0.636. The van der Waals surface area contributed by atoms with Gasteiger partial charge in [0.25, 0.3) is 0 Å². The predicted molar refractivity (Wildman–Crippen MR) is 60.4 cm³/mol. The molecule has 1 radical (unpaired) electrons. The van der Waals surface area contributed by atoms with Gasteiger partial charge in [-0.05, 0) is 26.8 Å². The van der Waals surface area contributed by atoms with Gasteiger partial charge in [0.15, 0.2) is 0 Å². The molecule has 0 nitrogen and oxygen atoms in total. The van der Waals surface area contributed by atoms with Crippen LogP contribution in [-0.2, 0) is 22.4 Å². The molecule has 0 unspecified atom stereocenters. The normalized spacial score (nSPS) is 15.5. The first-order chi connectivity index (χ1) is 5.79. The van der Waals surface area contributed by atoms with E-state index in [1.54, 1.807) is 5.31 Å². The minimum absolute atomic E-state index is 0. The van der Waals surface area contributed by atoms with Crippen molar-refractivity contribution in [3.63, 3.8) is 0 Å². The molecule has 2 heteroatoms. The molecule has 0 aromatic carbocycles. The molecular formula is C11H20AuP+. The van der Waals surface area contributed by atoms with E-state index in [0.717, 1.165) is 0 Å². The summed E-state index contributed by atoms with van der Waals surface area (Å²) >= 11 is 0. The summed E-state index contributed by atoms with van der Waals surface area (Å²) in [6, 6.07) is 0. The Labute approximate surface area is 98.7 Å². The molecule has 0 aliphatic heterocycles. The molecule has 0 saturated heterocycles. The molecule has 0 aromatic heterocycles. The molecule has 1 aliphatic rings. The summed E-state index contributed by atoms with van der Waals surface area (Å²) in [5, 5.41) is 1.76. The molecule has 0 bridgehead atoms. The maximum absolute atomic E-state index is 2.37. The van der Waals surface area contributed by atoms with E-state index < -0.39 is 7.26 Å². The van der Waals surface area contributed by atoms with E-state index in [0.29, 0.717) is 0 Å². The van der Waals surface area contributed by atoms with E-state index in [1.807, 2.05) is 0 Å². The molecule has 1 aliphatic carbocycles. The number of allylic oxidation sites excluding steroid dienone is 4. The molecule has 0 amide bonds. The topological polar surface area (TPSA) is 0 Å². The van der Waals surface area contributed by atoms with Crippen LogP contribution in [-0.4, -0.2) is 18.5 Å². The minimum Gasteiger partial charge on any atom is -0.0767 e. The fourth-order valence-electron chi connectivity index (χ4n) is 2.07.